The van der Waals surface area contributed by atoms with E-state index in [1.165, 1.54) is 0 Å². The monoisotopic (exact) mass is 232 g/mol. The predicted octanol–water partition coefficient (Wildman–Crippen LogP) is 1.03. The second-order valence-corrected chi connectivity index (χ2v) is 5.89. The molecule has 0 radical (unpaired) electrons. The predicted molar refractivity (Wildman–Crippen MR) is 61.1 cm³/mol. The van der Waals surface area contributed by atoms with Gasteiger partial charge in [0.05, 0.1) is 18.8 Å². The average molecular weight is 232 g/mol. The number of aliphatic hydroxyl groups is 2. The lowest BCUT2D eigenvalue weighted by atomic mass is 9.67. The van der Waals surface area contributed by atoms with Crippen LogP contribution in [0.15, 0.2) is 0 Å². The molecule has 2 rings (SSSR count). The van der Waals surface area contributed by atoms with Crippen LogP contribution in [0.2, 0.25) is 0 Å². The quantitative estimate of drug-likeness (QED) is 0.747. The van der Waals surface area contributed by atoms with Gasteiger partial charge in [-0.1, -0.05) is 0 Å². The van der Waals surface area contributed by atoms with Gasteiger partial charge in [-0.3, -0.25) is 0 Å². The van der Waals surface area contributed by atoms with E-state index in [1.807, 2.05) is 0 Å². The molecule has 2 N–H and O–H groups in total. The van der Waals surface area contributed by atoms with Crippen molar-refractivity contribution in [1.29, 1.82) is 0 Å². The number of hydrogen-bond donors (Lipinski definition) is 2. The van der Waals surface area contributed by atoms with E-state index in [-0.39, 0.29) is 6.61 Å². The Kier molecular flexibility index (Phi) is 3.60. The molecule has 2 aliphatic rings. The molecule has 0 bridgehead atoms. The number of aliphatic hydroxyl groups excluding tert-OH is 1. The van der Waals surface area contributed by atoms with Gasteiger partial charge in [0.2, 0.25) is 0 Å². The Bertz CT molecular complexity index is 208. The Morgan fingerprint density at radius 3 is 2.67 bits per heavy atom. The number of ether oxygens (including phenoxy) is 1. The average Bonchev–Trinajstić information content (AvgIpc) is 2.31. The van der Waals surface area contributed by atoms with E-state index in [9.17, 15) is 10.2 Å². The number of thioether (sulfide) groups is 1. The van der Waals surface area contributed by atoms with Gasteiger partial charge in [0.15, 0.2) is 0 Å². The van der Waals surface area contributed by atoms with Crippen molar-refractivity contribution in [3.8, 4) is 0 Å². The van der Waals surface area contributed by atoms with Crippen molar-refractivity contribution in [2.45, 2.75) is 31.3 Å². The van der Waals surface area contributed by atoms with E-state index in [4.69, 9.17) is 4.74 Å². The van der Waals surface area contributed by atoms with Crippen molar-refractivity contribution in [2.75, 3.05) is 31.3 Å². The van der Waals surface area contributed by atoms with Gasteiger partial charge in [-0.15, -0.1) is 0 Å². The first-order valence-electron chi connectivity index (χ1n) is 5.71. The van der Waals surface area contributed by atoms with Gasteiger partial charge in [-0.2, -0.15) is 11.8 Å². The topological polar surface area (TPSA) is 49.7 Å². The third-order valence-corrected chi connectivity index (χ3v) is 5.09. The SMILES string of the molecule is OCC1(C2(O)CCCSC2)CCCOC1. The van der Waals surface area contributed by atoms with Gasteiger partial charge in [0.25, 0.3) is 0 Å². The Balaban J connectivity index is 2.15. The van der Waals surface area contributed by atoms with Gasteiger partial charge in [-0.05, 0) is 31.4 Å². The van der Waals surface area contributed by atoms with Crippen LogP contribution in [-0.2, 0) is 4.74 Å². The highest BCUT2D eigenvalue weighted by Gasteiger charge is 2.51. The van der Waals surface area contributed by atoms with Crippen LogP contribution in [0.1, 0.15) is 25.7 Å². The van der Waals surface area contributed by atoms with Crippen molar-refractivity contribution in [2.24, 2.45) is 5.41 Å². The molecular weight excluding hydrogens is 212 g/mol. The smallest absolute Gasteiger partial charge is 0.0838 e. The number of rotatable bonds is 2. The highest BCUT2D eigenvalue weighted by Crippen LogP contribution is 2.45. The molecule has 0 saturated carbocycles. The fourth-order valence-electron chi connectivity index (χ4n) is 2.69. The van der Waals surface area contributed by atoms with Crippen LogP contribution in [-0.4, -0.2) is 47.1 Å². The first-order valence-corrected chi connectivity index (χ1v) is 6.87. The van der Waals surface area contributed by atoms with E-state index in [2.05, 4.69) is 0 Å². The second kappa shape index (κ2) is 4.62. The van der Waals surface area contributed by atoms with Crippen molar-refractivity contribution in [3.63, 3.8) is 0 Å². The summed E-state index contributed by atoms with van der Waals surface area (Å²) in [5.74, 6) is 1.88. The molecule has 2 fully saturated rings. The van der Waals surface area contributed by atoms with E-state index >= 15 is 0 Å². The highest BCUT2D eigenvalue weighted by atomic mass is 32.2. The minimum atomic E-state index is -0.717. The van der Waals surface area contributed by atoms with E-state index in [0.29, 0.717) is 6.61 Å². The molecule has 2 atom stereocenters. The third kappa shape index (κ3) is 2.05. The Labute approximate surface area is 95.2 Å². The third-order valence-electron chi connectivity index (χ3n) is 3.83. The summed E-state index contributed by atoms with van der Waals surface area (Å²) in [6, 6.07) is 0. The number of hydrogen-bond acceptors (Lipinski definition) is 4. The lowest BCUT2D eigenvalue weighted by Crippen LogP contribution is -2.57. The maximum atomic E-state index is 10.7. The summed E-state index contributed by atoms with van der Waals surface area (Å²) in [7, 11) is 0. The molecule has 0 aliphatic carbocycles. The van der Waals surface area contributed by atoms with E-state index in [1.54, 1.807) is 11.8 Å². The van der Waals surface area contributed by atoms with Gasteiger partial charge >= 0.3 is 0 Å². The standard InChI is InChI=1S/C11H20O3S/c12-7-10(3-1-5-14-8-10)11(13)4-2-6-15-9-11/h12-13H,1-9H2. The maximum absolute atomic E-state index is 10.7. The van der Waals surface area contributed by atoms with Crippen LogP contribution in [0, 0.1) is 5.41 Å². The molecule has 4 heteroatoms. The molecule has 2 saturated heterocycles. The molecule has 0 aromatic rings. The van der Waals surface area contributed by atoms with Gasteiger partial charge in [0.1, 0.15) is 0 Å². The molecule has 15 heavy (non-hydrogen) atoms. The molecule has 2 heterocycles. The molecule has 2 aliphatic heterocycles. The molecule has 0 spiro atoms. The zero-order valence-electron chi connectivity index (χ0n) is 9.07. The second-order valence-electron chi connectivity index (χ2n) is 4.78. The lowest BCUT2D eigenvalue weighted by Gasteiger charge is -2.49. The van der Waals surface area contributed by atoms with Crippen LogP contribution in [0.5, 0.6) is 0 Å². The Hall–Kier alpha value is 0.230. The summed E-state index contributed by atoms with van der Waals surface area (Å²) in [5, 5.41) is 20.3. The van der Waals surface area contributed by atoms with Crippen LogP contribution < -0.4 is 0 Å². The van der Waals surface area contributed by atoms with Crippen molar-refractivity contribution in [1.82, 2.24) is 0 Å². The normalized spacial score (nSPS) is 42.8. The molecule has 88 valence electrons. The summed E-state index contributed by atoms with van der Waals surface area (Å²) >= 11 is 1.79. The summed E-state index contributed by atoms with van der Waals surface area (Å²) in [6.45, 7) is 1.33. The minimum absolute atomic E-state index is 0.0457. The highest BCUT2D eigenvalue weighted by molar-refractivity contribution is 7.99. The van der Waals surface area contributed by atoms with E-state index in [0.717, 1.165) is 43.8 Å². The molecule has 0 aromatic carbocycles. The van der Waals surface area contributed by atoms with Crippen molar-refractivity contribution < 1.29 is 14.9 Å². The Morgan fingerprint density at radius 2 is 2.13 bits per heavy atom. The van der Waals surface area contributed by atoms with Gasteiger partial charge in [-0.25, -0.2) is 0 Å². The van der Waals surface area contributed by atoms with E-state index < -0.39 is 11.0 Å². The first-order chi connectivity index (χ1) is 7.22. The zero-order chi connectivity index (χ0) is 10.8. The largest absolute Gasteiger partial charge is 0.396 e. The van der Waals surface area contributed by atoms with Crippen LogP contribution >= 0.6 is 11.8 Å². The fourth-order valence-corrected chi connectivity index (χ4v) is 3.97. The summed E-state index contributed by atoms with van der Waals surface area (Å²) in [5.41, 5.74) is -1.12. The molecule has 0 amide bonds. The molecule has 0 aromatic heterocycles. The van der Waals surface area contributed by atoms with Gasteiger partial charge < -0.3 is 14.9 Å². The Morgan fingerprint density at radius 1 is 1.27 bits per heavy atom. The van der Waals surface area contributed by atoms with Crippen LogP contribution in [0.3, 0.4) is 0 Å². The van der Waals surface area contributed by atoms with Crippen molar-refractivity contribution in [3.05, 3.63) is 0 Å². The lowest BCUT2D eigenvalue weighted by molar-refractivity contribution is -0.160. The maximum Gasteiger partial charge on any atom is 0.0838 e. The minimum Gasteiger partial charge on any atom is -0.396 e. The van der Waals surface area contributed by atoms with Crippen molar-refractivity contribution >= 4 is 11.8 Å². The molecule has 2 unspecified atom stereocenters. The summed E-state index contributed by atoms with van der Waals surface area (Å²) < 4.78 is 5.47. The summed E-state index contributed by atoms with van der Waals surface area (Å²) in [4.78, 5) is 0. The molecule has 3 nitrogen and oxygen atoms in total. The van der Waals surface area contributed by atoms with Crippen LogP contribution in [0.25, 0.3) is 0 Å². The molecular formula is C11H20O3S. The zero-order valence-corrected chi connectivity index (χ0v) is 9.89. The van der Waals surface area contributed by atoms with Gasteiger partial charge in [0, 0.05) is 17.8 Å². The van der Waals surface area contributed by atoms with Crippen LogP contribution in [0.4, 0.5) is 0 Å². The first kappa shape index (κ1) is 11.7. The fraction of sp³-hybridized carbons (Fsp3) is 1.00. The summed E-state index contributed by atoms with van der Waals surface area (Å²) in [6.07, 6.45) is 3.70.